The van der Waals surface area contributed by atoms with E-state index in [9.17, 15) is 39.4 Å². The van der Waals surface area contributed by atoms with Gasteiger partial charge in [-0.2, -0.15) is 11.8 Å². The molecule has 1 aromatic rings. The van der Waals surface area contributed by atoms with Crippen LogP contribution >= 0.6 is 11.8 Å². The van der Waals surface area contributed by atoms with Gasteiger partial charge in [-0.25, -0.2) is 0 Å². The average Bonchev–Trinajstić information content (AvgIpc) is 2.74. The van der Waals surface area contributed by atoms with Gasteiger partial charge in [-0.3, -0.25) is 39.4 Å². The second-order valence-corrected chi connectivity index (χ2v) is 7.59. The summed E-state index contributed by atoms with van der Waals surface area (Å²) in [7, 11) is 0. The maximum atomic E-state index is 12.3. The first kappa shape index (κ1) is 27.2. The number of rotatable bonds is 14. The Morgan fingerprint density at radius 1 is 1.12 bits per heavy atom. The van der Waals surface area contributed by atoms with Crippen molar-refractivity contribution in [2.24, 2.45) is 5.73 Å². The minimum Gasteiger partial charge on any atom is -0.480 e. The van der Waals surface area contributed by atoms with E-state index < -0.39 is 63.6 Å². The Hall–Kier alpha value is -3.79. The predicted molar refractivity (Wildman–Crippen MR) is 113 cm³/mol. The van der Waals surface area contributed by atoms with E-state index in [-0.39, 0.29) is 29.9 Å². The van der Waals surface area contributed by atoms with Crippen LogP contribution in [0.25, 0.3) is 0 Å². The molecule has 0 fully saturated rings. The van der Waals surface area contributed by atoms with Gasteiger partial charge in [0.15, 0.2) is 0 Å². The molecule has 0 unspecified atom stereocenters. The number of nitro benzene ring substituents is 2. The molecule has 0 saturated carbocycles. The highest BCUT2D eigenvalue weighted by atomic mass is 32.2. The lowest BCUT2D eigenvalue weighted by atomic mass is 10.1. The number of aliphatic carboxylic acids is 2. The number of carbonyl (C=O) groups is 4. The number of hydrogen-bond donors (Lipinski definition) is 5. The molecule has 2 amide bonds. The fourth-order valence-electron chi connectivity index (χ4n) is 2.39. The van der Waals surface area contributed by atoms with Gasteiger partial charge in [-0.15, -0.1) is 0 Å². The van der Waals surface area contributed by atoms with Gasteiger partial charge in [0.25, 0.3) is 11.4 Å². The Kier molecular flexibility index (Phi) is 10.7. The normalized spacial score (nSPS) is 12.3. The van der Waals surface area contributed by atoms with Crippen LogP contribution in [0.1, 0.15) is 18.4 Å². The molecule has 1 aromatic carbocycles. The summed E-state index contributed by atoms with van der Waals surface area (Å²) in [5, 5.41) is 43.9. The van der Waals surface area contributed by atoms with Crippen molar-refractivity contribution in [3.63, 3.8) is 0 Å². The molecule has 0 aromatic heterocycles. The summed E-state index contributed by atoms with van der Waals surface area (Å²) in [4.78, 5) is 66.2. The number of carboxylic acid groups (broad SMARTS) is 2. The lowest BCUT2D eigenvalue weighted by Crippen LogP contribution is -2.49. The molecule has 2 atom stereocenters. The van der Waals surface area contributed by atoms with E-state index in [1.54, 1.807) is 0 Å². The molecule has 0 aliphatic rings. The minimum absolute atomic E-state index is 0.0449. The third-order valence-corrected chi connectivity index (χ3v) is 5.17. The van der Waals surface area contributed by atoms with Gasteiger partial charge < -0.3 is 26.6 Å². The van der Waals surface area contributed by atoms with Crippen LogP contribution < -0.4 is 16.4 Å². The van der Waals surface area contributed by atoms with Gasteiger partial charge in [0.1, 0.15) is 18.6 Å². The number of benzene rings is 1. The third kappa shape index (κ3) is 9.48. The van der Waals surface area contributed by atoms with E-state index in [0.717, 1.165) is 23.9 Å². The molecule has 0 bridgehead atoms. The molecule has 16 heteroatoms. The smallest absolute Gasteiger partial charge is 0.322 e. The largest absolute Gasteiger partial charge is 0.480 e. The summed E-state index contributed by atoms with van der Waals surface area (Å²) in [6, 6.07) is 0.578. The number of carbonyl (C=O) groups excluding carboxylic acids is 2. The number of nitro groups is 2. The van der Waals surface area contributed by atoms with Crippen molar-refractivity contribution in [1.29, 1.82) is 0 Å². The number of nitrogens with one attached hydrogen (secondary N) is 2. The molecule has 0 aliphatic carbocycles. The Morgan fingerprint density at radius 3 is 2.33 bits per heavy atom. The van der Waals surface area contributed by atoms with Crippen molar-refractivity contribution in [2.45, 2.75) is 30.7 Å². The molecule has 0 heterocycles. The number of amides is 2. The zero-order chi connectivity index (χ0) is 25.1. The molecule has 0 radical (unpaired) electrons. The lowest BCUT2D eigenvalue weighted by molar-refractivity contribution is -0.394. The topological polar surface area (TPSA) is 245 Å². The summed E-state index contributed by atoms with van der Waals surface area (Å²) < 4.78 is 0. The van der Waals surface area contributed by atoms with Crippen molar-refractivity contribution < 1.29 is 39.2 Å². The van der Waals surface area contributed by atoms with E-state index in [1.807, 2.05) is 0 Å². The van der Waals surface area contributed by atoms with E-state index in [2.05, 4.69) is 10.6 Å². The summed E-state index contributed by atoms with van der Waals surface area (Å²) >= 11 is 0.978. The Morgan fingerprint density at radius 2 is 1.79 bits per heavy atom. The molecular weight excluding hydrogens is 466 g/mol. The second-order valence-electron chi connectivity index (χ2n) is 6.56. The monoisotopic (exact) mass is 487 g/mol. The van der Waals surface area contributed by atoms with Gasteiger partial charge in [0.2, 0.25) is 11.8 Å². The molecule has 15 nitrogen and oxygen atoms in total. The molecule has 6 N–H and O–H groups in total. The number of non-ortho nitro benzene ring substituents is 1. The van der Waals surface area contributed by atoms with Gasteiger partial charge in [-0.05, 0) is 12.5 Å². The quantitative estimate of drug-likeness (QED) is 0.166. The maximum Gasteiger partial charge on any atom is 0.322 e. The first-order valence-electron chi connectivity index (χ1n) is 9.19. The summed E-state index contributed by atoms with van der Waals surface area (Å²) in [6.45, 7) is -0.715. The number of thioether (sulfide) groups is 1. The predicted octanol–water partition coefficient (Wildman–Crippen LogP) is -0.386. The zero-order valence-corrected chi connectivity index (χ0v) is 17.8. The molecule has 33 heavy (non-hydrogen) atoms. The summed E-state index contributed by atoms with van der Waals surface area (Å²) in [5.74, 6) is -4.34. The van der Waals surface area contributed by atoms with Gasteiger partial charge in [-0.1, -0.05) is 0 Å². The standard InChI is InChI=1S/C17H21N5O10S/c18-11(17(27)28)3-4-14(23)20-12(16(26)19-6-15(24)25)8-33-7-9-1-2-10(21(29)30)5-13(9)22(31)32/h1-2,5,11-12H,3-4,6-8,18H2,(H,19,26)(H,20,23)(H,24,25)(H,27,28)/t11-,12-/m0/s1. The lowest BCUT2D eigenvalue weighted by Gasteiger charge is -2.18. The fraction of sp³-hybridized carbons (Fsp3) is 0.412. The van der Waals surface area contributed by atoms with Crippen molar-refractivity contribution in [3.05, 3.63) is 44.0 Å². The van der Waals surface area contributed by atoms with Crippen LogP contribution in [-0.2, 0) is 24.9 Å². The van der Waals surface area contributed by atoms with Gasteiger partial charge >= 0.3 is 11.9 Å². The fourth-order valence-corrected chi connectivity index (χ4v) is 3.44. The van der Waals surface area contributed by atoms with Gasteiger partial charge in [0.05, 0.1) is 15.9 Å². The van der Waals surface area contributed by atoms with Crippen molar-refractivity contribution >= 4 is 46.9 Å². The number of hydrogen-bond acceptors (Lipinski definition) is 10. The van der Waals surface area contributed by atoms with Crippen LogP contribution in [0, 0.1) is 20.2 Å². The second kappa shape index (κ2) is 12.9. The van der Waals surface area contributed by atoms with E-state index in [0.29, 0.717) is 0 Å². The Balaban J connectivity index is 2.85. The van der Waals surface area contributed by atoms with Crippen LogP contribution in [0.2, 0.25) is 0 Å². The highest BCUT2D eigenvalue weighted by molar-refractivity contribution is 7.98. The van der Waals surface area contributed by atoms with Crippen molar-refractivity contribution in [3.8, 4) is 0 Å². The SMILES string of the molecule is N[C@@H](CCC(=O)N[C@@H](CSCc1ccc([N+](=O)[O-])cc1[N+](=O)[O-])C(=O)NCC(=O)O)C(=O)O. The average molecular weight is 487 g/mol. The first-order chi connectivity index (χ1) is 15.4. The Labute approximate surface area is 190 Å². The highest BCUT2D eigenvalue weighted by Gasteiger charge is 2.24. The van der Waals surface area contributed by atoms with E-state index in [4.69, 9.17) is 15.9 Å². The molecule has 180 valence electrons. The van der Waals surface area contributed by atoms with Crippen LogP contribution in [0.5, 0.6) is 0 Å². The summed E-state index contributed by atoms with van der Waals surface area (Å²) in [6.07, 6.45) is -0.512. The van der Waals surface area contributed by atoms with Crippen LogP contribution in [0.4, 0.5) is 11.4 Å². The van der Waals surface area contributed by atoms with E-state index >= 15 is 0 Å². The molecule has 1 rings (SSSR count). The molecule has 0 saturated heterocycles. The molecule has 0 aliphatic heterocycles. The number of nitrogens with zero attached hydrogens (tertiary/aromatic N) is 2. The number of nitrogens with two attached hydrogens (primary N) is 1. The zero-order valence-electron chi connectivity index (χ0n) is 17.0. The van der Waals surface area contributed by atoms with Crippen molar-refractivity contribution in [2.75, 3.05) is 12.3 Å². The van der Waals surface area contributed by atoms with Crippen LogP contribution in [-0.4, -0.2) is 68.2 Å². The first-order valence-corrected chi connectivity index (χ1v) is 10.3. The Bertz CT molecular complexity index is 941. The van der Waals surface area contributed by atoms with Crippen LogP contribution in [0.3, 0.4) is 0 Å². The summed E-state index contributed by atoms with van der Waals surface area (Å²) in [5.41, 5.74) is 4.51. The van der Waals surface area contributed by atoms with E-state index in [1.165, 1.54) is 6.07 Å². The molecular formula is C17H21N5O10S. The molecule has 0 spiro atoms. The third-order valence-electron chi connectivity index (χ3n) is 4.08. The highest BCUT2D eigenvalue weighted by Crippen LogP contribution is 2.28. The minimum atomic E-state index is -1.32. The van der Waals surface area contributed by atoms with Gasteiger partial charge in [0, 0.05) is 29.6 Å². The van der Waals surface area contributed by atoms with Crippen molar-refractivity contribution in [1.82, 2.24) is 10.6 Å². The van der Waals surface area contributed by atoms with Crippen LogP contribution in [0.15, 0.2) is 18.2 Å². The number of carboxylic acids is 2. The maximum absolute atomic E-state index is 12.3.